The predicted molar refractivity (Wildman–Crippen MR) is 73.3 cm³/mol. The molecule has 2 heterocycles. The zero-order valence-electron chi connectivity index (χ0n) is 11.5. The van der Waals surface area contributed by atoms with Crippen LogP contribution in [-0.2, 0) is 11.2 Å². The Labute approximate surface area is 122 Å². The van der Waals surface area contributed by atoms with E-state index in [2.05, 4.69) is 0 Å². The molecule has 0 spiro atoms. The fourth-order valence-electron chi connectivity index (χ4n) is 3.30. The molecule has 1 N–H and O–H groups in total. The molecule has 5 nitrogen and oxygen atoms in total. The molecule has 2 aliphatic rings. The van der Waals surface area contributed by atoms with Crippen molar-refractivity contribution in [3.05, 3.63) is 35.6 Å². The van der Waals surface area contributed by atoms with Gasteiger partial charge < -0.3 is 14.9 Å². The van der Waals surface area contributed by atoms with E-state index < -0.39 is 6.09 Å². The van der Waals surface area contributed by atoms with E-state index in [-0.39, 0.29) is 23.7 Å². The standard InChI is InChI=1S/C15H17FN2O3/c16-12-3-1-2-10(7-12)6-11-8-13-9-17(15(20)21)4-5-18(13)14(11)19/h1-3,7,11,13H,4-6,8-9H2,(H,20,21)/t11?,13-/m0/s1. The van der Waals surface area contributed by atoms with E-state index in [1.54, 1.807) is 11.0 Å². The normalized spacial score (nSPS) is 25.1. The van der Waals surface area contributed by atoms with Gasteiger partial charge in [0.25, 0.3) is 0 Å². The first-order valence-electron chi connectivity index (χ1n) is 7.07. The first kappa shape index (κ1) is 13.9. The lowest BCUT2D eigenvalue weighted by Crippen LogP contribution is -2.52. The van der Waals surface area contributed by atoms with Crippen molar-refractivity contribution in [3.8, 4) is 0 Å². The maximum Gasteiger partial charge on any atom is 0.407 e. The predicted octanol–water partition coefficient (Wildman–Crippen LogP) is 1.58. The fourth-order valence-corrected chi connectivity index (χ4v) is 3.30. The second-order valence-corrected chi connectivity index (χ2v) is 5.68. The van der Waals surface area contributed by atoms with E-state index in [1.807, 2.05) is 6.07 Å². The summed E-state index contributed by atoms with van der Waals surface area (Å²) in [4.78, 5) is 26.5. The van der Waals surface area contributed by atoms with Gasteiger partial charge in [-0.2, -0.15) is 0 Å². The highest BCUT2D eigenvalue weighted by Gasteiger charge is 2.42. The molecule has 112 valence electrons. The van der Waals surface area contributed by atoms with Crippen LogP contribution in [0.4, 0.5) is 9.18 Å². The van der Waals surface area contributed by atoms with Crippen molar-refractivity contribution in [3.63, 3.8) is 0 Å². The van der Waals surface area contributed by atoms with Crippen molar-refractivity contribution in [2.24, 2.45) is 5.92 Å². The van der Waals surface area contributed by atoms with Gasteiger partial charge in [0.2, 0.25) is 5.91 Å². The molecule has 0 radical (unpaired) electrons. The SMILES string of the molecule is O=C(O)N1CCN2C(=O)C(Cc3cccc(F)c3)C[C@H]2C1. The highest BCUT2D eigenvalue weighted by Crippen LogP contribution is 2.30. The molecule has 0 saturated carbocycles. The van der Waals surface area contributed by atoms with Crippen LogP contribution >= 0.6 is 0 Å². The number of piperazine rings is 1. The third kappa shape index (κ3) is 2.70. The van der Waals surface area contributed by atoms with E-state index in [0.717, 1.165) is 5.56 Å². The second kappa shape index (κ2) is 5.35. The summed E-state index contributed by atoms with van der Waals surface area (Å²) in [5.74, 6) is -0.410. The van der Waals surface area contributed by atoms with Crippen molar-refractivity contribution in [1.29, 1.82) is 0 Å². The number of benzene rings is 1. The Kier molecular flexibility index (Phi) is 3.53. The number of hydrogen-bond donors (Lipinski definition) is 1. The summed E-state index contributed by atoms with van der Waals surface area (Å²) >= 11 is 0. The third-order valence-electron chi connectivity index (χ3n) is 4.31. The zero-order chi connectivity index (χ0) is 15.0. The summed E-state index contributed by atoms with van der Waals surface area (Å²) in [6.07, 6.45) is 0.214. The van der Waals surface area contributed by atoms with Crippen LogP contribution in [0.2, 0.25) is 0 Å². The average molecular weight is 292 g/mol. The van der Waals surface area contributed by atoms with Gasteiger partial charge in [-0.1, -0.05) is 12.1 Å². The minimum Gasteiger partial charge on any atom is -0.465 e. The molecule has 2 aliphatic heterocycles. The fraction of sp³-hybridized carbons (Fsp3) is 0.467. The number of carbonyl (C=O) groups excluding carboxylic acids is 1. The van der Waals surface area contributed by atoms with E-state index in [1.165, 1.54) is 17.0 Å². The van der Waals surface area contributed by atoms with Gasteiger partial charge in [0, 0.05) is 25.6 Å². The van der Waals surface area contributed by atoms with Gasteiger partial charge in [-0.15, -0.1) is 0 Å². The third-order valence-corrected chi connectivity index (χ3v) is 4.31. The lowest BCUT2D eigenvalue weighted by molar-refractivity contribution is -0.133. The van der Waals surface area contributed by atoms with Gasteiger partial charge in [-0.3, -0.25) is 4.79 Å². The monoisotopic (exact) mass is 292 g/mol. The molecule has 2 atom stereocenters. The Morgan fingerprint density at radius 2 is 2.19 bits per heavy atom. The van der Waals surface area contributed by atoms with E-state index in [9.17, 15) is 14.0 Å². The summed E-state index contributed by atoms with van der Waals surface area (Å²) in [5.41, 5.74) is 0.809. The van der Waals surface area contributed by atoms with Crippen LogP contribution < -0.4 is 0 Å². The Balaban J connectivity index is 1.69. The molecular formula is C15H17FN2O3. The molecule has 0 aromatic heterocycles. The van der Waals surface area contributed by atoms with Gasteiger partial charge in [-0.25, -0.2) is 9.18 Å². The summed E-state index contributed by atoms with van der Waals surface area (Å²) in [6, 6.07) is 6.25. The first-order valence-corrected chi connectivity index (χ1v) is 7.07. The van der Waals surface area contributed by atoms with Crippen LogP contribution in [0.5, 0.6) is 0 Å². The number of fused-ring (bicyclic) bond motifs is 1. The minimum absolute atomic E-state index is 0.0408. The summed E-state index contributed by atoms with van der Waals surface area (Å²) in [7, 11) is 0. The summed E-state index contributed by atoms with van der Waals surface area (Å²) in [5, 5.41) is 9.04. The number of carboxylic acid groups (broad SMARTS) is 1. The summed E-state index contributed by atoms with van der Waals surface area (Å²) < 4.78 is 13.2. The maximum absolute atomic E-state index is 13.2. The van der Waals surface area contributed by atoms with Crippen molar-refractivity contribution in [2.45, 2.75) is 18.9 Å². The molecule has 0 bridgehead atoms. The average Bonchev–Trinajstić information content (AvgIpc) is 2.75. The molecular weight excluding hydrogens is 275 g/mol. The van der Waals surface area contributed by atoms with Crippen molar-refractivity contribution >= 4 is 12.0 Å². The van der Waals surface area contributed by atoms with Crippen molar-refractivity contribution in [2.75, 3.05) is 19.6 Å². The molecule has 6 heteroatoms. The smallest absolute Gasteiger partial charge is 0.407 e. The maximum atomic E-state index is 13.2. The van der Waals surface area contributed by atoms with Crippen molar-refractivity contribution < 1.29 is 19.1 Å². The highest BCUT2D eigenvalue weighted by atomic mass is 19.1. The number of hydrogen-bond acceptors (Lipinski definition) is 2. The minimum atomic E-state index is -0.935. The van der Waals surface area contributed by atoms with Crippen LogP contribution in [0.3, 0.4) is 0 Å². The number of rotatable bonds is 2. The molecule has 2 amide bonds. The lowest BCUT2D eigenvalue weighted by Gasteiger charge is -2.35. The number of halogens is 1. The first-order chi connectivity index (χ1) is 10.0. The van der Waals surface area contributed by atoms with E-state index in [4.69, 9.17) is 5.11 Å². The van der Waals surface area contributed by atoms with Gasteiger partial charge in [0.05, 0.1) is 6.04 Å². The van der Waals surface area contributed by atoms with E-state index >= 15 is 0 Å². The molecule has 1 aromatic rings. The quantitative estimate of drug-likeness (QED) is 0.900. The van der Waals surface area contributed by atoms with Crippen molar-refractivity contribution in [1.82, 2.24) is 9.80 Å². The second-order valence-electron chi connectivity index (χ2n) is 5.68. The van der Waals surface area contributed by atoms with Crippen LogP contribution in [0, 0.1) is 11.7 Å². The number of nitrogens with zero attached hydrogens (tertiary/aromatic N) is 2. The summed E-state index contributed by atoms with van der Waals surface area (Å²) in [6.45, 7) is 1.19. The molecule has 2 fully saturated rings. The van der Waals surface area contributed by atoms with Crippen LogP contribution in [0.15, 0.2) is 24.3 Å². The zero-order valence-corrected chi connectivity index (χ0v) is 11.5. The Hall–Kier alpha value is -2.11. The lowest BCUT2D eigenvalue weighted by atomic mass is 9.96. The topological polar surface area (TPSA) is 60.9 Å². The molecule has 21 heavy (non-hydrogen) atoms. The van der Waals surface area contributed by atoms with Gasteiger partial charge in [0.15, 0.2) is 0 Å². The molecule has 1 aromatic carbocycles. The molecule has 3 rings (SSSR count). The van der Waals surface area contributed by atoms with Gasteiger partial charge in [-0.05, 0) is 30.5 Å². The van der Waals surface area contributed by atoms with Crippen LogP contribution in [0.25, 0.3) is 0 Å². The van der Waals surface area contributed by atoms with Gasteiger partial charge >= 0.3 is 6.09 Å². The van der Waals surface area contributed by atoms with Crippen LogP contribution in [-0.4, -0.2) is 52.6 Å². The van der Waals surface area contributed by atoms with Crippen LogP contribution in [0.1, 0.15) is 12.0 Å². The highest BCUT2D eigenvalue weighted by molar-refractivity contribution is 5.82. The Morgan fingerprint density at radius 1 is 1.38 bits per heavy atom. The molecule has 2 saturated heterocycles. The Bertz CT molecular complexity index is 578. The largest absolute Gasteiger partial charge is 0.465 e. The number of carbonyl (C=O) groups is 2. The number of amides is 2. The Morgan fingerprint density at radius 3 is 2.90 bits per heavy atom. The molecule has 0 aliphatic carbocycles. The van der Waals surface area contributed by atoms with Gasteiger partial charge in [0.1, 0.15) is 5.82 Å². The van der Waals surface area contributed by atoms with E-state index in [0.29, 0.717) is 32.5 Å². The molecule has 1 unspecified atom stereocenters.